The van der Waals surface area contributed by atoms with Gasteiger partial charge in [-0.2, -0.15) is 0 Å². The first kappa shape index (κ1) is 22.6. The van der Waals surface area contributed by atoms with Crippen LogP contribution in [0.15, 0.2) is 30.6 Å². The first-order chi connectivity index (χ1) is 14.3. The van der Waals surface area contributed by atoms with E-state index in [0.717, 1.165) is 31.5 Å². The van der Waals surface area contributed by atoms with Gasteiger partial charge in [0, 0.05) is 29.0 Å². The van der Waals surface area contributed by atoms with Crippen molar-refractivity contribution in [1.29, 1.82) is 0 Å². The van der Waals surface area contributed by atoms with Gasteiger partial charge in [-0.1, -0.05) is 30.1 Å². The van der Waals surface area contributed by atoms with E-state index >= 15 is 0 Å². The number of anilines is 1. The highest BCUT2D eigenvalue weighted by Crippen LogP contribution is 2.36. The summed E-state index contributed by atoms with van der Waals surface area (Å²) in [6, 6.07) is 4.87. The highest BCUT2D eigenvalue weighted by atomic mass is 35.5. The quantitative estimate of drug-likeness (QED) is 0.302. The van der Waals surface area contributed by atoms with Crippen LogP contribution in [0.4, 0.5) is 10.2 Å². The SMILES string of the molecule is C[C@H](Cc1cc(/C(N)=C/N(N)C2CCNCC2)cnc1N)c1c(Cl)ccc(F)c1Cl. The normalized spacial score (nSPS) is 16.5. The Bertz CT molecular complexity index is 930. The number of nitrogen functional groups attached to an aromatic ring is 1. The van der Waals surface area contributed by atoms with Gasteiger partial charge in [-0.3, -0.25) is 0 Å². The molecule has 0 aliphatic carbocycles. The molecule has 1 aromatic heterocycles. The molecule has 7 N–H and O–H groups in total. The Balaban J connectivity index is 1.81. The second-order valence-electron chi connectivity index (χ2n) is 7.64. The van der Waals surface area contributed by atoms with E-state index in [-0.39, 0.29) is 17.0 Å². The first-order valence-electron chi connectivity index (χ1n) is 9.87. The van der Waals surface area contributed by atoms with Crippen molar-refractivity contribution in [2.24, 2.45) is 11.6 Å². The molecule has 1 saturated heterocycles. The van der Waals surface area contributed by atoms with E-state index in [2.05, 4.69) is 10.3 Å². The fourth-order valence-electron chi connectivity index (χ4n) is 3.71. The number of nitrogens with zero attached hydrogens (tertiary/aromatic N) is 2. The summed E-state index contributed by atoms with van der Waals surface area (Å²) in [6.45, 7) is 3.78. The van der Waals surface area contributed by atoms with Gasteiger partial charge in [0.05, 0.1) is 10.7 Å². The summed E-state index contributed by atoms with van der Waals surface area (Å²) in [7, 11) is 0. The molecule has 6 nitrogen and oxygen atoms in total. The minimum Gasteiger partial charge on any atom is -0.397 e. The molecule has 1 fully saturated rings. The molecular weight excluding hydrogens is 426 g/mol. The van der Waals surface area contributed by atoms with Crippen LogP contribution in [0, 0.1) is 5.82 Å². The summed E-state index contributed by atoms with van der Waals surface area (Å²) < 4.78 is 13.9. The third kappa shape index (κ3) is 5.16. The van der Waals surface area contributed by atoms with Crippen LogP contribution >= 0.6 is 23.2 Å². The van der Waals surface area contributed by atoms with Gasteiger partial charge in [0.1, 0.15) is 11.6 Å². The minimum atomic E-state index is -0.504. The van der Waals surface area contributed by atoms with E-state index in [9.17, 15) is 4.39 Å². The van der Waals surface area contributed by atoms with E-state index in [1.54, 1.807) is 17.4 Å². The lowest BCUT2D eigenvalue weighted by Gasteiger charge is -2.30. The highest BCUT2D eigenvalue weighted by molar-refractivity contribution is 6.36. The smallest absolute Gasteiger partial charge is 0.142 e. The summed E-state index contributed by atoms with van der Waals surface area (Å²) in [6.07, 6.45) is 5.74. The summed E-state index contributed by atoms with van der Waals surface area (Å²) >= 11 is 12.4. The molecule has 2 heterocycles. The Morgan fingerprint density at radius 3 is 2.77 bits per heavy atom. The largest absolute Gasteiger partial charge is 0.397 e. The van der Waals surface area contributed by atoms with Gasteiger partial charge in [-0.15, -0.1) is 0 Å². The van der Waals surface area contributed by atoms with E-state index < -0.39 is 5.82 Å². The zero-order chi connectivity index (χ0) is 21.8. The lowest BCUT2D eigenvalue weighted by molar-refractivity contribution is 0.231. The van der Waals surface area contributed by atoms with Crippen molar-refractivity contribution in [3.8, 4) is 0 Å². The molecular formula is C21H27Cl2FN6. The van der Waals surface area contributed by atoms with Crippen molar-refractivity contribution in [2.45, 2.75) is 38.1 Å². The predicted molar refractivity (Wildman–Crippen MR) is 121 cm³/mol. The van der Waals surface area contributed by atoms with Crippen molar-refractivity contribution in [2.75, 3.05) is 18.8 Å². The Labute approximate surface area is 186 Å². The van der Waals surface area contributed by atoms with Gasteiger partial charge < -0.3 is 21.8 Å². The van der Waals surface area contributed by atoms with Gasteiger partial charge in [0.25, 0.3) is 0 Å². The van der Waals surface area contributed by atoms with Crippen LogP contribution in [-0.2, 0) is 6.42 Å². The summed E-state index contributed by atoms with van der Waals surface area (Å²) in [5.41, 5.74) is 14.9. The van der Waals surface area contributed by atoms with Crippen molar-refractivity contribution in [3.63, 3.8) is 0 Å². The monoisotopic (exact) mass is 452 g/mol. The van der Waals surface area contributed by atoms with Gasteiger partial charge in [-0.05, 0) is 67.6 Å². The van der Waals surface area contributed by atoms with Gasteiger partial charge >= 0.3 is 0 Å². The lowest BCUT2D eigenvalue weighted by Crippen LogP contribution is -2.44. The number of nitrogens with one attached hydrogen (secondary N) is 1. The van der Waals surface area contributed by atoms with Crippen LogP contribution in [0.5, 0.6) is 0 Å². The number of hydrogen-bond acceptors (Lipinski definition) is 6. The fraction of sp³-hybridized carbons (Fsp3) is 0.381. The summed E-state index contributed by atoms with van der Waals surface area (Å²) in [5, 5.41) is 5.42. The van der Waals surface area contributed by atoms with E-state index in [4.69, 9.17) is 40.5 Å². The Kier molecular flexibility index (Phi) is 7.41. The zero-order valence-corrected chi connectivity index (χ0v) is 18.3. The van der Waals surface area contributed by atoms with E-state index in [0.29, 0.717) is 34.1 Å². The zero-order valence-electron chi connectivity index (χ0n) is 16.8. The number of hydrogen-bond donors (Lipinski definition) is 4. The standard InChI is InChI=1S/C21H27Cl2FN6/c1-12(19-16(22)2-3-17(24)20(19)23)8-13-9-14(10-29-21(13)26)18(25)11-30(27)15-4-6-28-7-5-15/h2-3,9-12,15,28H,4-8,25,27H2,1H3,(H2,26,29)/b18-11-/t12-/m1/s1. The lowest BCUT2D eigenvalue weighted by atomic mass is 9.93. The Morgan fingerprint density at radius 1 is 1.37 bits per heavy atom. The molecule has 0 radical (unpaired) electrons. The van der Waals surface area contributed by atoms with Crippen LogP contribution in [0.1, 0.15) is 42.4 Å². The second-order valence-corrected chi connectivity index (χ2v) is 8.43. The molecule has 3 rings (SSSR count). The maximum atomic E-state index is 13.9. The highest BCUT2D eigenvalue weighted by Gasteiger charge is 2.20. The average molecular weight is 453 g/mol. The molecule has 1 aliphatic heterocycles. The number of hydrazine groups is 1. The molecule has 30 heavy (non-hydrogen) atoms. The van der Waals surface area contributed by atoms with Crippen LogP contribution < -0.4 is 22.6 Å². The number of nitrogens with two attached hydrogens (primary N) is 3. The summed E-state index contributed by atoms with van der Waals surface area (Å²) in [5.74, 6) is 5.90. The van der Waals surface area contributed by atoms with E-state index in [1.165, 1.54) is 12.1 Å². The number of benzene rings is 1. The van der Waals surface area contributed by atoms with Crippen molar-refractivity contribution in [1.82, 2.24) is 15.3 Å². The molecule has 162 valence electrons. The Hall–Kier alpha value is -2.06. The molecule has 1 aromatic carbocycles. The van der Waals surface area contributed by atoms with Crippen LogP contribution in [0.3, 0.4) is 0 Å². The minimum absolute atomic E-state index is 0.0258. The number of aromatic nitrogens is 1. The first-order valence-corrected chi connectivity index (χ1v) is 10.6. The molecule has 1 aliphatic rings. The third-order valence-electron chi connectivity index (χ3n) is 5.45. The van der Waals surface area contributed by atoms with Crippen LogP contribution in [0.2, 0.25) is 10.0 Å². The third-order valence-corrected chi connectivity index (χ3v) is 6.17. The Morgan fingerprint density at radius 2 is 2.07 bits per heavy atom. The molecule has 0 amide bonds. The fourth-order valence-corrected chi connectivity index (χ4v) is 4.46. The predicted octanol–water partition coefficient (Wildman–Crippen LogP) is 3.64. The molecule has 0 spiro atoms. The van der Waals surface area contributed by atoms with Crippen LogP contribution in [0.25, 0.3) is 5.70 Å². The number of pyridine rings is 1. The summed E-state index contributed by atoms with van der Waals surface area (Å²) in [4.78, 5) is 4.28. The molecule has 0 saturated carbocycles. The topological polar surface area (TPSA) is 106 Å². The number of piperidine rings is 1. The second kappa shape index (κ2) is 9.83. The van der Waals surface area contributed by atoms with Crippen molar-refractivity contribution in [3.05, 3.63) is 63.1 Å². The maximum Gasteiger partial charge on any atom is 0.142 e. The van der Waals surface area contributed by atoms with Crippen molar-refractivity contribution >= 4 is 34.7 Å². The number of rotatable bonds is 6. The molecule has 0 unspecified atom stereocenters. The van der Waals surface area contributed by atoms with Crippen molar-refractivity contribution < 1.29 is 4.39 Å². The maximum absolute atomic E-state index is 13.9. The van der Waals surface area contributed by atoms with Crippen LogP contribution in [-0.4, -0.2) is 29.1 Å². The van der Waals surface area contributed by atoms with Gasteiger partial charge in [0.15, 0.2) is 0 Å². The van der Waals surface area contributed by atoms with E-state index in [1.807, 2.05) is 13.0 Å². The molecule has 9 heteroatoms. The molecule has 0 bridgehead atoms. The average Bonchev–Trinajstić information content (AvgIpc) is 2.73. The van der Waals surface area contributed by atoms with Gasteiger partial charge in [-0.25, -0.2) is 15.2 Å². The molecule has 2 aromatic rings. The number of halogens is 3. The molecule has 1 atom stereocenters. The van der Waals surface area contributed by atoms with Gasteiger partial charge in [0.2, 0.25) is 0 Å².